The Bertz CT molecular complexity index is 835. The molecule has 2 heterocycles. The fraction of sp³-hybridized carbons (Fsp3) is 0.409. The minimum absolute atomic E-state index is 0.0509. The number of amides is 2. The van der Waals surface area contributed by atoms with Gasteiger partial charge < -0.3 is 15.4 Å². The predicted octanol–water partition coefficient (Wildman–Crippen LogP) is 3.54. The highest BCUT2D eigenvalue weighted by molar-refractivity contribution is 6.04. The van der Waals surface area contributed by atoms with Crippen LogP contribution in [0.2, 0.25) is 0 Å². The molecule has 1 aliphatic heterocycles. The van der Waals surface area contributed by atoms with E-state index in [9.17, 15) is 9.59 Å². The molecule has 0 radical (unpaired) electrons. The summed E-state index contributed by atoms with van der Waals surface area (Å²) in [6.07, 6.45) is 3.53. The van der Waals surface area contributed by atoms with Crippen molar-refractivity contribution < 1.29 is 14.3 Å². The standard InChI is InChI=1S/C22H27N3O3/c1-22(2,3)16-6-8-17(9-7-16)25-21(27)19-13-15(10-11-23-19)20(26)24-14-18-5-4-12-28-18/h6-11,13,18H,4-5,12,14H2,1-3H3,(H,24,26)(H,25,27). The van der Waals surface area contributed by atoms with Crippen LogP contribution in [0, 0.1) is 0 Å². The smallest absolute Gasteiger partial charge is 0.274 e. The number of pyridine rings is 1. The normalized spacial score (nSPS) is 16.6. The Hall–Kier alpha value is -2.73. The van der Waals surface area contributed by atoms with Gasteiger partial charge in [-0.05, 0) is 48.1 Å². The second-order valence-corrected chi connectivity index (χ2v) is 8.06. The predicted molar refractivity (Wildman–Crippen MR) is 109 cm³/mol. The van der Waals surface area contributed by atoms with Crippen LogP contribution in [0.4, 0.5) is 5.69 Å². The lowest BCUT2D eigenvalue weighted by Gasteiger charge is -2.19. The molecule has 6 nitrogen and oxygen atoms in total. The van der Waals surface area contributed by atoms with Gasteiger partial charge in [-0.1, -0.05) is 32.9 Å². The van der Waals surface area contributed by atoms with Gasteiger partial charge in [-0.25, -0.2) is 0 Å². The lowest BCUT2D eigenvalue weighted by molar-refractivity contribution is 0.0857. The van der Waals surface area contributed by atoms with Gasteiger partial charge in [0.2, 0.25) is 0 Å². The van der Waals surface area contributed by atoms with E-state index in [1.807, 2.05) is 24.3 Å². The second kappa shape index (κ2) is 8.52. The van der Waals surface area contributed by atoms with Gasteiger partial charge in [0.15, 0.2) is 0 Å². The summed E-state index contributed by atoms with van der Waals surface area (Å²) in [7, 11) is 0. The maximum Gasteiger partial charge on any atom is 0.274 e. The molecule has 1 atom stereocenters. The van der Waals surface area contributed by atoms with Gasteiger partial charge in [0.05, 0.1) is 6.10 Å². The Morgan fingerprint density at radius 1 is 1.14 bits per heavy atom. The van der Waals surface area contributed by atoms with E-state index in [4.69, 9.17) is 4.74 Å². The Morgan fingerprint density at radius 2 is 1.89 bits per heavy atom. The van der Waals surface area contributed by atoms with Crippen LogP contribution in [-0.4, -0.2) is 36.1 Å². The summed E-state index contributed by atoms with van der Waals surface area (Å²) in [6, 6.07) is 10.8. The Morgan fingerprint density at radius 3 is 2.54 bits per heavy atom. The first-order valence-electron chi connectivity index (χ1n) is 9.61. The molecule has 1 unspecified atom stereocenters. The number of nitrogens with zero attached hydrogens (tertiary/aromatic N) is 1. The molecule has 0 bridgehead atoms. The van der Waals surface area contributed by atoms with Gasteiger partial charge in [0, 0.05) is 30.6 Å². The molecular weight excluding hydrogens is 354 g/mol. The van der Waals surface area contributed by atoms with Crippen LogP contribution in [0.3, 0.4) is 0 Å². The molecule has 1 aromatic carbocycles. The Labute approximate surface area is 165 Å². The van der Waals surface area contributed by atoms with Crippen LogP contribution in [0.5, 0.6) is 0 Å². The average molecular weight is 381 g/mol. The molecule has 0 saturated carbocycles. The number of nitrogens with one attached hydrogen (secondary N) is 2. The number of carbonyl (C=O) groups excluding carboxylic acids is 2. The van der Waals surface area contributed by atoms with Crippen molar-refractivity contribution in [1.29, 1.82) is 0 Å². The molecule has 1 aromatic heterocycles. The maximum absolute atomic E-state index is 12.5. The quantitative estimate of drug-likeness (QED) is 0.830. The van der Waals surface area contributed by atoms with Crippen LogP contribution in [0.1, 0.15) is 60.0 Å². The first-order chi connectivity index (χ1) is 13.3. The van der Waals surface area contributed by atoms with E-state index in [-0.39, 0.29) is 29.0 Å². The van der Waals surface area contributed by atoms with E-state index in [1.165, 1.54) is 17.8 Å². The largest absolute Gasteiger partial charge is 0.376 e. The van der Waals surface area contributed by atoms with E-state index < -0.39 is 0 Å². The van der Waals surface area contributed by atoms with Crippen LogP contribution in [-0.2, 0) is 10.2 Å². The minimum atomic E-state index is -0.350. The number of carbonyl (C=O) groups is 2. The summed E-state index contributed by atoms with van der Waals surface area (Å²) in [6.45, 7) is 7.64. The third-order valence-electron chi connectivity index (χ3n) is 4.78. The summed E-state index contributed by atoms with van der Waals surface area (Å²) in [4.78, 5) is 28.9. The van der Waals surface area contributed by atoms with Crippen molar-refractivity contribution >= 4 is 17.5 Å². The van der Waals surface area contributed by atoms with Crippen LogP contribution >= 0.6 is 0 Å². The number of benzene rings is 1. The Balaban J connectivity index is 1.62. The van der Waals surface area contributed by atoms with Crippen LogP contribution in [0.25, 0.3) is 0 Å². The number of hydrogen-bond acceptors (Lipinski definition) is 4. The fourth-order valence-corrected chi connectivity index (χ4v) is 3.06. The number of anilines is 1. The van der Waals surface area contributed by atoms with E-state index in [2.05, 4.69) is 36.4 Å². The highest BCUT2D eigenvalue weighted by atomic mass is 16.5. The van der Waals surface area contributed by atoms with Gasteiger partial charge in [-0.2, -0.15) is 0 Å². The van der Waals surface area contributed by atoms with Crippen LogP contribution in [0.15, 0.2) is 42.6 Å². The van der Waals surface area contributed by atoms with Crippen molar-refractivity contribution in [3.8, 4) is 0 Å². The molecule has 148 valence electrons. The van der Waals surface area contributed by atoms with Gasteiger partial charge >= 0.3 is 0 Å². The first kappa shape index (κ1) is 20.0. The first-order valence-corrected chi connectivity index (χ1v) is 9.61. The zero-order valence-corrected chi connectivity index (χ0v) is 16.6. The molecular formula is C22H27N3O3. The monoisotopic (exact) mass is 381 g/mol. The van der Waals surface area contributed by atoms with Crippen molar-refractivity contribution in [1.82, 2.24) is 10.3 Å². The van der Waals surface area contributed by atoms with E-state index in [0.29, 0.717) is 17.8 Å². The Kier molecular flexibility index (Phi) is 6.09. The molecule has 2 N–H and O–H groups in total. The molecule has 2 amide bonds. The summed E-state index contributed by atoms with van der Waals surface area (Å²) < 4.78 is 5.51. The molecule has 28 heavy (non-hydrogen) atoms. The molecule has 6 heteroatoms. The fourth-order valence-electron chi connectivity index (χ4n) is 3.06. The van der Waals surface area contributed by atoms with Gasteiger partial charge in [-0.3, -0.25) is 14.6 Å². The highest BCUT2D eigenvalue weighted by Crippen LogP contribution is 2.23. The van der Waals surface area contributed by atoms with Crippen LogP contribution < -0.4 is 10.6 Å². The number of rotatable bonds is 5. The highest BCUT2D eigenvalue weighted by Gasteiger charge is 2.18. The summed E-state index contributed by atoms with van der Waals surface area (Å²) in [5, 5.41) is 5.68. The summed E-state index contributed by atoms with van der Waals surface area (Å²) in [5.41, 5.74) is 2.53. The number of ether oxygens (including phenoxy) is 1. The minimum Gasteiger partial charge on any atom is -0.376 e. The molecule has 1 fully saturated rings. The summed E-state index contributed by atoms with van der Waals surface area (Å²) >= 11 is 0. The number of aromatic nitrogens is 1. The van der Waals surface area contributed by atoms with Crippen molar-refractivity contribution in [2.75, 3.05) is 18.5 Å². The number of hydrogen-bond donors (Lipinski definition) is 2. The van der Waals surface area contributed by atoms with E-state index in [1.54, 1.807) is 6.07 Å². The van der Waals surface area contributed by atoms with Crippen molar-refractivity contribution in [2.45, 2.75) is 45.1 Å². The summed E-state index contributed by atoms with van der Waals surface area (Å²) in [5.74, 6) is -0.584. The zero-order chi connectivity index (χ0) is 20.1. The van der Waals surface area contributed by atoms with Crippen molar-refractivity contribution in [3.63, 3.8) is 0 Å². The van der Waals surface area contributed by atoms with E-state index >= 15 is 0 Å². The molecule has 3 rings (SSSR count). The molecule has 1 saturated heterocycles. The third-order valence-corrected chi connectivity index (χ3v) is 4.78. The maximum atomic E-state index is 12.5. The molecule has 1 aliphatic rings. The SMILES string of the molecule is CC(C)(C)c1ccc(NC(=O)c2cc(C(=O)NCC3CCCO3)ccn2)cc1. The molecule has 0 spiro atoms. The van der Waals surface area contributed by atoms with Gasteiger partial charge in [-0.15, -0.1) is 0 Å². The topological polar surface area (TPSA) is 80.3 Å². The lowest BCUT2D eigenvalue weighted by atomic mass is 9.87. The lowest BCUT2D eigenvalue weighted by Crippen LogP contribution is -2.32. The molecule has 0 aliphatic carbocycles. The van der Waals surface area contributed by atoms with Crippen molar-refractivity contribution in [2.24, 2.45) is 0 Å². The molecule has 2 aromatic rings. The zero-order valence-electron chi connectivity index (χ0n) is 16.6. The van der Waals surface area contributed by atoms with Gasteiger partial charge in [0.25, 0.3) is 11.8 Å². The third kappa shape index (κ3) is 5.16. The van der Waals surface area contributed by atoms with Crippen molar-refractivity contribution in [3.05, 3.63) is 59.4 Å². The second-order valence-electron chi connectivity index (χ2n) is 8.06. The average Bonchev–Trinajstić information content (AvgIpc) is 3.19. The van der Waals surface area contributed by atoms with Gasteiger partial charge in [0.1, 0.15) is 5.69 Å². The van der Waals surface area contributed by atoms with E-state index in [0.717, 1.165) is 19.4 Å².